The number of benzene rings is 2. The lowest BCUT2D eigenvalue weighted by Gasteiger charge is -2.12. The van der Waals surface area contributed by atoms with E-state index in [0.29, 0.717) is 11.1 Å². The first-order valence-corrected chi connectivity index (χ1v) is 6.55. The van der Waals surface area contributed by atoms with E-state index in [1.54, 1.807) is 36.4 Å². The Morgan fingerprint density at radius 2 is 1.71 bits per heavy atom. The molecule has 0 heterocycles. The maximum absolute atomic E-state index is 12.2. The van der Waals surface area contributed by atoms with Crippen LogP contribution in [0.4, 0.5) is 0 Å². The van der Waals surface area contributed by atoms with E-state index in [-0.39, 0.29) is 24.5 Å². The average molecular weight is 285 g/mol. The molecule has 5 nitrogen and oxygen atoms in total. The highest BCUT2D eigenvalue weighted by atomic mass is 16.6. The number of phenolic OH excluding ortho intramolecular Hbond substituents is 1. The third-order valence-electron chi connectivity index (χ3n) is 3.26. The van der Waals surface area contributed by atoms with Crippen LogP contribution in [0.15, 0.2) is 54.6 Å². The number of nitro groups is 1. The topological polar surface area (TPSA) is 80.4 Å². The molecule has 108 valence electrons. The van der Waals surface area contributed by atoms with Crippen LogP contribution in [0.25, 0.3) is 0 Å². The second-order valence-electron chi connectivity index (χ2n) is 4.80. The van der Waals surface area contributed by atoms with Crippen molar-refractivity contribution in [3.63, 3.8) is 0 Å². The number of phenols is 1. The number of hydrogen-bond acceptors (Lipinski definition) is 4. The molecule has 1 unspecified atom stereocenters. The molecule has 0 saturated heterocycles. The normalized spacial score (nSPS) is 11.8. The van der Waals surface area contributed by atoms with Crippen LogP contribution in [0.2, 0.25) is 0 Å². The summed E-state index contributed by atoms with van der Waals surface area (Å²) in [6, 6.07) is 14.9. The highest BCUT2D eigenvalue weighted by Gasteiger charge is 2.22. The maximum atomic E-state index is 12.2. The Balaban J connectivity index is 2.18. The van der Waals surface area contributed by atoms with Gasteiger partial charge in [0.25, 0.3) is 0 Å². The number of Topliss-reactive ketones (excluding diaryl/α,β-unsaturated/α-hetero) is 1. The van der Waals surface area contributed by atoms with E-state index in [0.717, 1.165) is 0 Å². The van der Waals surface area contributed by atoms with Crippen molar-refractivity contribution in [2.24, 2.45) is 0 Å². The minimum atomic E-state index is -0.506. The third kappa shape index (κ3) is 4.14. The predicted molar refractivity (Wildman–Crippen MR) is 78.1 cm³/mol. The number of rotatable bonds is 6. The molecule has 0 bridgehead atoms. The molecule has 21 heavy (non-hydrogen) atoms. The first kappa shape index (κ1) is 14.7. The fourth-order valence-electron chi connectivity index (χ4n) is 2.18. The Bertz CT molecular complexity index is 622. The predicted octanol–water partition coefficient (Wildman–Crippen LogP) is 3.03. The molecule has 0 aliphatic heterocycles. The van der Waals surface area contributed by atoms with Crippen molar-refractivity contribution in [1.82, 2.24) is 0 Å². The van der Waals surface area contributed by atoms with Crippen molar-refractivity contribution in [1.29, 1.82) is 0 Å². The zero-order valence-electron chi connectivity index (χ0n) is 11.3. The van der Waals surface area contributed by atoms with E-state index >= 15 is 0 Å². The fraction of sp³-hybridized carbons (Fsp3) is 0.188. The van der Waals surface area contributed by atoms with Crippen molar-refractivity contribution < 1.29 is 14.8 Å². The number of ketones is 1. The van der Waals surface area contributed by atoms with Crippen molar-refractivity contribution in [3.8, 4) is 5.75 Å². The Hall–Kier alpha value is -2.69. The van der Waals surface area contributed by atoms with Crippen molar-refractivity contribution in [2.75, 3.05) is 6.54 Å². The van der Waals surface area contributed by atoms with Crippen molar-refractivity contribution in [2.45, 2.75) is 12.3 Å². The zero-order valence-corrected chi connectivity index (χ0v) is 11.3. The molecular weight excluding hydrogens is 270 g/mol. The molecule has 0 saturated carbocycles. The van der Waals surface area contributed by atoms with Crippen molar-refractivity contribution in [3.05, 3.63) is 75.8 Å². The van der Waals surface area contributed by atoms with Gasteiger partial charge in [-0.1, -0.05) is 42.5 Å². The second kappa shape index (κ2) is 6.65. The molecule has 2 rings (SSSR count). The van der Waals surface area contributed by atoms with Crippen LogP contribution in [0.1, 0.15) is 28.3 Å². The summed E-state index contributed by atoms with van der Waals surface area (Å²) in [5.74, 6) is -0.545. The standard InChI is InChI=1S/C16H15NO4/c18-15-8-6-12(7-9-15)14(11-17(20)21)10-16(19)13-4-2-1-3-5-13/h1-9,14,18H,10-11H2. The molecule has 0 aliphatic rings. The van der Waals surface area contributed by atoms with Crippen LogP contribution in [0.3, 0.4) is 0 Å². The van der Waals surface area contributed by atoms with Crippen molar-refractivity contribution >= 4 is 5.78 Å². The van der Waals surface area contributed by atoms with Crippen LogP contribution >= 0.6 is 0 Å². The largest absolute Gasteiger partial charge is 0.508 e. The van der Waals surface area contributed by atoms with E-state index in [1.807, 2.05) is 6.07 Å². The third-order valence-corrected chi connectivity index (χ3v) is 3.26. The van der Waals surface area contributed by atoms with E-state index in [9.17, 15) is 20.0 Å². The first-order chi connectivity index (χ1) is 10.1. The van der Waals surface area contributed by atoms with E-state index in [2.05, 4.69) is 0 Å². The van der Waals surface area contributed by atoms with E-state index < -0.39 is 10.8 Å². The number of carbonyl (C=O) groups excluding carboxylic acids is 1. The molecule has 1 N–H and O–H groups in total. The lowest BCUT2D eigenvalue weighted by molar-refractivity contribution is -0.483. The Kier molecular flexibility index (Phi) is 4.66. The second-order valence-corrected chi connectivity index (χ2v) is 4.80. The van der Waals surface area contributed by atoms with Gasteiger partial charge in [-0.2, -0.15) is 0 Å². The van der Waals surface area contributed by atoms with Gasteiger partial charge in [0.1, 0.15) is 5.75 Å². The SMILES string of the molecule is O=C(CC(C[N+](=O)[O-])c1ccc(O)cc1)c1ccccc1. The van der Waals surface area contributed by atoms with Gasteiger partial charge in [0.2, 0.25) is 6.54 Å². The zero-order chi connectivity index (χ0) is 15.2. The van der Waals surface area contributed by atoms with Gasteiger partial charge in [-0.3, -0.25) is 14.9 Å². The van der Waals surface area contributed by atoms with Gasteiger partial charge in [-0.25, -0.2) is 0 Å². The number of aromatic hydroxyl groups is 1. The molecule has 0 amide bonds. The summed E-state index contributed by atoms with van der Waals surface area (Å²) in [5.41, 5.74) is 1.22. The Labute approximate surface area is 122 Å². The van der Waals surface area contributed by atoms with E-state index in [4.69, 9.17) is 0 Å². The molecular formula is C16H15NO4. The number of nitrogens with zero attached hydrogens (tertiary/aromatic N) is 1. The highest BCUT2D eigenvalue weighted by molar-refractivity contribution is 5.96. The van der Waals surface area contributed by atoms with Gasteiger partial charge in [0.05, 0.1) is 5.92 Å². The molecule has 2 aromatic carbocycles. The lowest BCUT2D eigenvalue weighted by Crippen LogP contribution is -2.16. The maximum Gasteiger partial charge on any atom is 0.211 e. The molecule has 1 atom stereocenters. The summed E-state index contributed by atoms with van der Waals surface area (Å²) in [4.78, 5) is 22.6. The first-order valence-electron chi connectivity index (χ1n) is 6.55. The van der Waals surface area contributed by atoms with Gasteiger partial charge in [0, 0.05) is 16.9 Å². The van der Waals surface area contributed by atoms with Gasteiger partial charge >= 0.3 is 0 Å². The molecule has 5 heteroatoms. The van der Waals surface area contributed by atoms with Crippen LogP contribution in [0.5, 0.6) is 5.75 Å². The van der Waals surface area contributed by atoms with Gasteiger partial charge in [-0.15, -0.1) is 0 Å². The summed E-state index contributed by atoms with van der Waals surface area (Å²) in [6.07, 6.45) is 0.0652. The monoisotopic (exact) mass is 285 g/mol. The summed E-state index contributed by atoms with van der Waals surface area (Å²) in [6.45, 7) is -0.316. The Morgan fingerprint density at radius 1 is 1.10 bits per heavy atom. The molecule has 0 radical (unpaired) electrons. The lowest BCUT2D eigenvalue weighted by atomic mass is 9.91. The van der Waals surface area contributed by atoms with Crippen LogP contribution in [0, 0.1) is 10.1 Å². The molecule has 0 aromatic heterocycles. The van der Waals surface area contributed by atoms with E-state index in [1.165, 1.54) is 12.1 Å². The minimum absolute atomic E-state index is 0.0652. The van der Waals surface area contributed by atoms with Gasteiger partial charge in [-0.05, 0) is 17.7 Å². The van der Waals surface area contributed by atoms with Crippen LogP contribution in [-0.2, 0) is 0 Å². The molecule has 2 aromatic rings. The molecule has 0 aliphatic carbocycles. The molecule has 0 fully saturated rings. The summed E-state index contributed by atoms with van der Waals surface area (Å²) in [5, 5.41) is 20.1. The number of hydrogen-bond donors (Lipinski definition) is 1. The van der Waals surface area contributed by atoms with Gasteiger partial charge < -0.3 is 5.11 Å². The van der Waals surface area contributed by atoms with Crippen LogP contribution < -0.4 is 0 Å². The number of carbonyl (C=O) groups is 1. The fourth-order valence-corrected chi connectivity index (χ4v) is 2.18. The summed E-state index contributed by atoms with van der Waals surface area (Å²) >= 11 is 0. The quantitative estimate of drug-likeness (QED) is 0.502. The minimum Gasteiger partial charge on any atom is -0.508 e. The molecule has 0 spiro atoms. The smallest absolute Gasteiger partial charge is 0.211 e. The summed E-state index contributed by atoms with van der Waals surface area (Å²) < 4.78 is 0. The highest BCUT2D eigenvalue weighted by Crippen LogP contribution is 2.24. The average Bonchev–Trinajstić information content (AvgIpc) is 2.48. The summed E-state index contributed by atoms with van der Waals surface area (Å²) in [7, 11) is 0. The van der Waals surface area contributed by atoms with Crippen LogP contribution in [-0.4, -0.2) is 22.4 Å². The van der Waals surface area contributed by atoms with Gasteiger partial charge in [0.15, 0.2) is 5.78 Å². The Morgan fingerprint density at radius 3 is 2.29 bits per heavy atom.